The summed E-state index contributed by atoms with van der Waals surface area (Å²) in [5.41, 5.74) is 13.0. The first-order chi connectivity index (χ1) is 32.7. The summed E-state index contributed by atoms with van der Waals surface area (Å²) in [5, 5.41) is 1.94. The van der Waals surface area contributed by atoms with Gasteiger partial charge in [-0.2, -0.15) is 12.1 Å². The number of pyridine rings is 1. The number of rotatable bonds is 7. The molecule has 5 nitrogen and oxygen atoms in total. The second-order valence-electron chi connectivity index (χ2n) is 20.6. The number of anilines is 4. The third-order valence-corrected chi connectivity index (χ3v) is 12.7. The predicted octanol–water partition coefficient (Wildman–Crippen LogP) is 16.5. The minimum absolute atomic E-state index is 0. The van der Waals surface area contributed by atoms with E-state index in [-0.39, 0.29) is 42.9 Å². The Morgan fingerprint density at radius 3 is 1.97 bits per heavy atom. The van der Waals surface area contributed by atoms with Gasteiger partial charge in [0.2, 0.25) is 0 Å². The van der Waals surface area contributed by atoms with Crippen molar-refractivity contribution in [3.63, 3.8) is 0 Å². The van der Waals surface area contributed by atoms with Crippen LogP contribution in [0.1, 0.15) is 88.7 Å². The van der Waals surface area contributed by atoms with Crippen molar-refractivity contribution >= 4 is 44.6 Å². The third-order valence-electron chi connectivity index (χ3n) is 12.7. The van der Waals surface area contributed by atoms with Crippen molar-refractivity contribution in [1.29, 1.82) is 0 Å². The standard InChI is InChI=1S/C61H57N4O.Pt/c1-40-30-58(62-38-53(40)43-20-16-21-44(31-43)59(2,3)4)65-54-25-15-14-24-51(54)52-28-27-50(37-56(52)65)66-49-23-17-22-47(36-49)63-39-64(48-34-45(60(5,6)7)33-46(35-48)61(8,9)10)57-32-42(26-29-55(57)63)41-18-12-11-13-19-41;/h11-35,38-39H,1-10H3;/q-3;/i1D3;. The monoisotopic (exact) mass is 1060 g/mol. The van der Waals surface area contributed by atoms with E-state index in [4.69, 9.17) is 13.8 Å². The van der Waals surface area contributed by atoms with Gasteiger partial charge in [0.05, 0.1) is 0 Å². The molecule has 340 valence electrons. The molecule has 0 saturated heterocycles. The van der Waals surface area contributed by atoms with Crippen LogP contribution in [0.5, 0.6) is 11.5 Å². The number of hydrogen-bond donors (Lipinski definition) is 0. The van der Waals surface area contributed by atoms with Crippen molar-refractivity contribution in [3.05, 3.63) is 199 Å². The summed E-state index contributed by atoms with van der Waals surface area (Å²) in [6.07, 6.45) is 1.70. The van der Waals surface area contributed by atoms with E-state index in [1.807, 2.05) is 65.2 Å². The zero-order chi connectivity index (χ0) is 48.6. The molecular weight excluding hydrogens is 1000 g/mol. The summed E-state index contributed by atoms with van der Waals surface area (Å²) < 4.78 is 34.7. The number of para-hydroxylation sites is 1. The van der Waals surface area contributed by atoms with Gasteiger partial charge < -0.3 is 19.1 Å². The number of benzene rings is 7. The van der Waals surface area contributed by atoms with Crippen molar-refractivity contribution < 1.29 is 29.9 Å². The van der Waals surface area contributed by atoms with E-state index in [1.165, 1.54) is 11.1 Å². The van der Waals surface area contributed by atoms with Crippen LogP contribution in [-0.4, -0.2) is 9.55 Å². The topological polar surface area (TPSA) is 33.5 Å². The van der Waals surface area contributed by atoms with Crippen LogP contribution in [0.4, 0.5) is 22.7 Å². The summed E-state index contributed by atoms with van der Waals surface area (Å²) in [4.78, 5) is 9.45. The maximum atomic E-state index is 8.68. The number of hydrogen-bond acceptors (Lipinski definition) is 4. The van der Waals surface area contributed by atoms with Crippen molar-refractivity contribution in [2.45, 2.75) is 85.4 Å². The summed E-state index contributed by atoms with van der Waals surface area (Å²) in [5.74, 6) is 1.49. The van der Waals surface area contributed by atoms with Crippen LogP contribution >= 0.6 is 0 Å². The molecule has 67 heavy (non-hydrogen) atoms. The number of ether oxygens (including phenoxy) is 1. The summed E-state index contributed by atoms with van der Waals surface area (Å²) >= 11 is 0. The molecule has 10 rings (SSSR count). The van der Waals surface area contributed by atoms with Crippen LogP contribution in [0.15, 0.2) is 158 Å². The van der Waals surface area contributed by atoms with Crippen LogP contribution in [0.2, 0.25) is 0 Å². The average Bonchev–Trinajstić information content (AvgIpc) is 3.86. The molecule has 0 amide bonds. The van der Waals surface area contributed by atoms with Gasteiger partial charge in [0.15, 0.2) is 0 Å². The molecule has 1 aliphatic heterocycles. The number of fused-ring (bicyclic) bond motifs is 4. The van der Waals surface area contributed by atoms with Crippen molar-refractivity contribution in [2.24, 2.45) is 0 Å². The Bertz CT molecular complexity index is 3380. The fourth-order valence-corrected chi connectivity index (χ4v) is 8.86. The van der Waals surface area contributed by atoms with E-state index in [1.54, 1.807) is 12.3 Å². The normalized spacial score (nSPS) is 13.8. The Morgan fingerprint density at radius 2 is 1.24 bits per heavy atom. The van der Waals surface area contributed by atoms with Crippen LogP contribution < -0.4 is 14.5 Å². The summed E-state index contributed by atoms with van der Waals surface area (Å²) in [7, 11) is 0. The number of aromatic nitrogens is 2. The van der Waals surface area contributed by atoms with Gasteiger partial charge >= 0.3 is 0 Å². The smallest absolute Gasteiger partial charge is 0.135 e. The van der Waals surface area contributed by atoms with Crippen LogP contribution in [0.25, 0.3) is 49.9 Å². The maximum Gasteiger partial charge on any atom is 0.135 e. The Labute approximate surface area is 415 Å². The second kappa shape index (κ2) is 17.3. The molecule has 0 spiro atoms. The first-order valence-electron chi connectivity index (χ1n) is 24.3. The van der Waals surface area contributed by atoms with Crippen molar-refractivity contribution in [1.82, 2.24) is 9.55 Å². The number of nitrogens with zero attached hydrogens (tertiary/aromatic N) is 4. The van der Waals surface area contributed by atoms with E-state index >= 15 is 0 Å². The molecule has 9 aromatic rings. The Morgan fingerprint density at radius 1 is 0.552 bits per heavy atom. The molecule has 0 N–H and O–H groups in total. The molecule has 0 fully saturated rings. The summed E-state index contributed by atoms with van der Waals surface area (Å²) in [6, 6.07) is 59.1. The summed E-state index contributed by atoms with van der Waals surface area (Å²) in [6.45, 7) is 19.8. The van der Waals surface area contributed by atoms with Crippen LogP contribution in [-0.2, 0) is 37.3 Å². The van der Waals surface area contributed by atoms with Crippen molar-refractivity contribution in [2.75, 3.05) is 9.80 Å². The second-order valence-corrected chi connectivity index (χ2v) is 20.6. The molecule has 0 aliphatic carbocycles. The quantitative estimate of drug-likeness (QED) is 0.149. The average molecular weight is 1060 g/mol. The number of aryl methyl sites for hydroxylation is 1. The maximum absolute atomic E-state index is 8.68. The van der Waals surface area contributed by atoms with Crippen LogP contribution in [0.3, 0.4) is 0 Å². The fraction of sp³-hybridized carbons (Fsp3) is 0.213. The molecule has 2 aromatic heterocycles. The van der Waals surface area contributed by atoms with Gasteiger partial charge in [0.25, 0.3) is 0 Å². The SMILES string of the molecule is [2H]C([2H])([2H])c1cc(-n2c3[c-]c(Oc4[c-]c(N5[CH-]N(c6cc(C(C)(C)C)cc(C(C)(C)C)c6)c6cc(-c7ccccc7)ccc65)ccc4)ccc3c3ccccc32)ncc1-c1cccc(C(C)(C)C)c1.[Pt]. The molecule has 6 heteroatoms. The molecular formula is C61H57N4OPt-3. The van der Waals surface area contributed by atoms with E-state index in [0.29, 0.717) is 22.9 Å². The van der Waals surface area contributed by atoms with Gasteiger partial charge in [0.1, 0.15) is 5.82 Å². The zero-order valence-electron chi connectivity index (χ0n) is 42.6. The van der Waals surface area contributed by atoms with Crippen LogP contribution in [0, 0.1) is 25.7 Å². The molecule has 0 radical (unpaired) electrons. The van der Waals surface area contributed by atoms with Gasteiger partial charge in [-0.15, -0.1) is 48.1 Å². The molecule has 1 aliphatic rings. The van der Waals surface area contributed by atoms with E-state index in [9.17, 15) is 0 Å². The van der Waals surface area contributed by atoms with E-state index in [0.717, 1.165) is 66.8 Å². The Hall–Kier alpha value is -6.42. The van der Waals surface area contributed by atoms with Gasteiger partial charge in [-0.05, 0) is 104 Å². The Kier molecular flexibility index (Phi) is 10.9. The molecule has 3 heterocycles. The molecule has 0 atom stereocenters. The molecule has 0 saturated carbocycles. The first-order valence-corrected chi connectivity index (χ1v) is 22.8. The van der Waals surface area contributed by atoms with Gasteiger partial charge in [0, 0.05) is 71.0 Å². The van der Waals surface area contributed by atoms with E-state index < -0.39 is 6.85 Å². The third kappa shape index (κ3) is 8.83. The molecule has 0 bridgehead atoms. The largest absolute Gasteiger partial charge is 0.509 e. The van der Waals surface area contributed by atoms with Crippen molar-refractivity contribution in [3.8, 4) is 39.6 Å². The Balaban J connectivity index is 0.00000608. The predicted molar refractivity (Wildman–Crippen MR) is 276 cm³/mol. The fourth-order valence-electron chi connectivity index (χ4n) is 8.86. The van der Waals surface area contributed by atoms with Gasteiger partial charge in [-0.3, -0.25) is 0 Å². The molecule has 0 unspecified atom stereocenters. The molecule has 7 aromatic carbocycles. The minimum Gasteiger partial charge on any atom is -0.509 e. The van der Waals surface area contributed by atoms with E-state index in [2.05, 4.69) is 176 Å². The van der Waals surface area contributed by atoms with Gasteiger partial charge in [-0.25, -0.2) is 4.98 Å². The minimum atomic E-state index is -2.40. The van der Waals surface area contributed by atoms with Gasteiger partial charge in [-0.1, -0.05) is 153 Å². The zero-order valence-corrected chi connectivity index (χ0v) is 41.9. The first kappa shape index (κ1) is 42.0.